The second-order valence-electron chi connectivity index (χ2n) is 5.43. The predicted octanol–water partition coefficient (Wildman–Crippen LogP) is 2.50. The predicted molar refractivity (Wildman–Crippen MR) is 81.1 cm³/mol. The topological polar surface area (TPSA) is 41.1 Å². The van der Waals surface area contributed by atoms with E-state index in [9.17, 15) is 4.79 Å². The zero-order valence-electron chi connectivity index (χ0n) is 11.3. The van der Waals surface area contributed by atoms with Gasteiger partial charge in [0.1, 0.15) is 0 Å². The summed E-state index contributed by atoms with van der Waals surface area (Å²) < 4.78 is 1.07. The third kappa shape index (κ3) is 4.62. The molecule has 1 amide bonds. The van der Waals surface area contributed by atoms with E-state index in [-0.39, 0.29) is 5.91 Å². The molecule has 1 aromatic carbocycles. The lowest BCUT2D eigenvalue weighted by molar-refractivity contribution is -0.121. The molecule has 1 aliphatic rings. The largest absolute Gasteiger partial charge is 0.355 e. The van der Waals surface area contributed by atoms with Crippen LogP contribution in [-0.4, -0.2) is 26.0 Å². The Hall–Kier alpha value is -0.870. The van der Waals surface area contributed by atoms with Gasteiger partial charge < -0.3 is 10.6 Å². The van der Waals surface area contributed by atoms with Crippen LogP contribution >= 0.6 is 15.9 Å². The molecule has 0 atom stereocenters. The lowest BCUT2D eigenvalue weighted by Crippen LogP contribution is -2.34. The summed E-state index contributed by atoms with van der Waals surface area (Å²) >= 11 is 3.41. The second kappa shape index (κ2) is 6.53. The van der Waals surface area contributed by atoms with Crippen LogP contribution in [0.3, 0.4) is 0 Å². The van der Waals surface area contributed by atoms with Crippen LogP contribution in [0, 0.1) is 5.41 Å². The Kier molecular flexibility index (Phi) is 4.99. The number of aryl methyl sites for hydroxylation is 1. The number of nitrogens with one attached hydrogen (secondary N) is 2. The number of benzene rings is 1. The molecule has 19 heavy (non-hydrogen) atoms. The van der Waals surface area contributed by atoms with Crippen LogP contribution in [0.15, 0.2) is 28.7 Å². The van der Waals surface area contributed by atoms with Crippen molar-refractivity contribution in [3.05, 3.63) is 34.3 Å². The molecule has 0 bridgehead atoms. The van der Waals surface area contributed by atoms with Gasteiger partial charge in [0, 0.05) is 29.4 Å². The van der Waals surface area contributed by atoms with E-state index in [0.29, 0.717) is 11.8 Å². The number of carbonyl (C=O) groups excluding carboxylic acids is 1. The molecule has 4 heteroatoms. The second-order valence-corrected chi connectivity index (χ2v) is 6.35. The molecule has 3 nitrogen and oxygen atoms in total. The zero-order valence-corrected chi connectivity index (χ0v) is 12.9. The Bertz CT molecular complexity index is 426. The minimum Gasteiger partial charge on any atom is -0.355 e. The first-order valence-corrected chi connectivity index (χ1v) is 7.59. The summed E-state index contributed by atoms with van der Waals surface area (Å²) in [7, 11) is 1.97. The molecule has 1 fully saturated rings. The lowest BCUT2D eigenvalue weighted by atomic mass is 10.1. The van der Waals surface area contributed by atoms with Gasteiger partial charge in [-0.15, -0.1) is 0 Å². The standard InChI is InChI=1S/C15H21BrN2O/c1-17-10-15(8-9-15)11-18-14(19)7-4-12-2-5-13(16)6-3-12/h2-3,5-6,17H,4,7-11H2,1H3,(H,18,19). The van der Waals surface area contributed by atoms with E-state index in [0.717, 1.165) is 24.0 Å². The third-order valence-electron chi connectivity index (χ3n) is 3.72. The Morgan fingerprint density at radius 3 is 2.53 bits per heavy atom. The fraction of sp³-hybridized carbons (Fsp3) is 0.533. The molecule has 1 aromatic rings. The molecule has 0 heterocycles. The third-order valence-corrected chi connectivity index (χ3v) is 4.25. The van der Waals surface area contributed by atoms with Crippen molar-refractivity contribution < 1.29 is 4.79 Å². The Labute approximate surface area is 123 Å². The number of halogens is 1. The summed E-state index contributed by atoms with van der Waals surface area (Å²) in [6, 6.07) is 8.14. The highest BCUT2D eigenvalue weighted by Gasteiger charge is 2.41. The highest BCUT2D eigenvalue weighted by molar-refractivity contribution is 9.10. The first-order chi connectivity index (χ1) is 9.13. The van der Waals surface area contributed by atoms with E-state index in [4.69, 9.17) is 0 Å². The van der Waals surface area contributed by atoms with Gasteiger partial charge in [-0.25, -0.2) is 0 Å². The summed E-state index contributed by atoms with van der Waals surface area (Å²) in [5.74, 6) is 0.158. The van der Waals surface area contributed by atoms with Crippen molar-refractivity contribution in [1.29, 1.82) is 0 Å². The molecule has 0 unspecified atom stereocenters. The van der Waals surface area contributed by atoms with E-state index in [2.05, 4.69) is 38.7 Å². The molecule has 1 aliphatic carbocycles. The molecule has 104 valence electrons. The number of hydrogen-bond acceptors (Lipinski definition) is 2. The maximum atomic E-state index is 11.8. The van der Waals surface area contributed by atoms with Crippen LogP contribution < -0.4 is 10.6 Å². The van der Waals surface area contributed by atoms with Crippen molar-refractivity contribution in [2.45, 2.75) is 25.7 Å². The molecule has 0 saturated heterocycles. The van der Waals surface area contributed by atoms with Crippen LogP contribution in [0.2, 0.25) is 0 Å². The van der Waals surface area contributed by atoms with Gasteiger partial charge in [0.25, 0.3) is 0 Å². The van der Waals surface area contributed by atoms with Crippen molar-refractivity contribution in [3.8, 4) is 0 Å². The molecule has 2 N–H and O–H groups in total. The summed E-state index contributed by atoms with van der Waals surface area (Å²) in [6.07, 6.45) is 3.82. The van der Waals surface area contributed by atoms with Crippen molar-refractivity contribution >= 4 is 21.8 Å². The molecule has 0 aromatic heterocycles. The average Bonchev–Trinajstić information content (AvgIpc) is 3.17. The Morgan fingerprint density at radius 1 is 1.26 bits per heavy atom. The highest BCUT2D eigenvalue weighted by Crippen LogP contribution is 2.44. The first-order valence-electron chi connectivity index (χ1n) is 6.79. The van der Waals surface area contributed by atoms with Crippen molar-refractivity contribution in [3.63, 3.8) is 0 Å². The fourth-order valence-electron chi connectivity index (χ4n) is 2.25. The molecule has 0 radical (unpaired) electrons. The first kappa shape index (κ1) is 14.5. The van der Waals surface area contributed by atoms with Gasteiger partial charge >= 0.3 is 0 Å². The Balaban J connectivity index is 1.69. The lowest BCUT2D eigenvalue weighted by Gasteiger charge is -2.15. The van der Waals surface area contributed by atoms with E-state index in [1.807, 2.05) is 19.2 Å². The van der Waals surface area contributed by atoms with Gasteiger partial charge in [-0.3, -0.25) is 4.79 Å². The van der Waals surface area contributed by atoms with Gasteiger partial charge in [0.2, 0.25) is 5.91 Å². The van der Waals surface area contributed by atoms with Gasteiger partial charge in [-0.1, -0.05) is 28.1 Å². The molecule has 2 rings (SSSR count). The molecule has 1 saturated carbocycles. The van der Waals surface area contributed by atoms with Crippen LogP contribution in [-0.2, 0) is 11.2 Å². The zero-order chi connectivity index (χ0) is 13.7. The average molecular weight is 325 g/mol. The van der Waals surface area contributed by atoms with E-state index >= 15 is 0 Å². The van der Waals surface area contributed by atoms with Crippen LogP contribution in [0.1, 0.15) is 24.8 Å². The highest BCUT2D eigenvalue weighted by atomic mass is 79.9. The maximum Gasteiger partial charge on any atom is 0.220 e. The van der Waals surface area contributed by atoms with Gasteiger partial charge in [0.05, 0.1) is 0 Å². The quantitative estimate of drug-likeness (QED) is 0.809. The summed E-state index contributed by atoms with van der Waals surface area (Å²) in [5, 5.41) is 6.27. The van der Waals surface area contributed by atoms with E-state index in [1.54, 1.807) is 0 Å². The summed E-state index contributed by atoms with van der Waals surface area (Å²) in [5.41, 5.74) is 1.54. The Morgan fingerprint density at radius 2 is 1.95 bits per heavy atom. The van der Waals surface area contributed by atoms with Crippen LogP contribution in [0.5, 0.6) is 0 Å². The van der Waals surface area contributed by atoms with Crippen molar-refractivity contribution in [2.24, 2.45) is 5.41 Å². The minimum absolute atomic E-state index is 0.158. The smallest absolute Gasteiger partial charge is 0.220 e. The van der Waals surface area contributed by atoms with Gasteiger partial charge in [-0.2, -0.15) is 0 Å². The number of carbonyl (C=O) groups is 1. The maximum absolute atomic E-state index is 11.8. The van der Waals surface area contributed by atoms with Gasteiger partial charge in [0.15, 0.2) is 0 Å². The van der Waals surface area contributed by atoms with Crippen molar-refractivity contribution in [1.82, 2.24) is 10.6 Å². The van der Waals surface area contributed by atoms with Crippen LogP contribution in [0.25, 0.3) is 0 Å². The molecule has 0 spiro atoms. The normalized spacial score (nSPS) is 16.1. The number of rotatable bonds is 7. The number of amides is 1. The fourth-order valence-corrected chi connectivity index (χ4v) is 2.52. The molecule has 0 aliphatic heterocycles. The monoisotopic (exact) mass is 324 g/mol. The molecular formula is C15H21BrN2O. The van der Waals surface area contributed by atoms with Crippen molar-refractivity contribution in [2.75, 3.05) is 20.1 Å². The van der Waals surface area contributed by atoms with Gasteiger partial charge in [-0.05, 0) is 44.0 Å². The summed E-state index contributed by atoms with van der Waals surface area (Å²) in [4.78, 5) is 11.8. The summed E-state index contributed by atoms with van der Waals surface area (Å²) in [6.45, 7) is 1.81. The minimum atomic E-state index is 0.158. The SMILES string of the molecule is CNCC1(CNC(=O)CCc2ccc(Br)cc2)CC1. The molecular weight excluding hydrogens is 304 g/mol. The van der Waals surface area contributed by atoms with Crippen LogP contribution in [0.4, 0.5) is 0 Å². The number of hydrogen-bond donors (Lipinski definition) is 2. The van der Waals surface area contributed by atoms with E-state index < -0.39 is 0 Å². The van der Waals surface area contributed by atoms with E-state index in [1.165, 1.54) is 18.4 Å².